The average molecular weight is 441 g/mol. The van der Waals surface area contributed by atoms with E-state index in [9.17, 15) is 4.79 Å². The number of ether oxygens (including phenoxy) is 1. The fourth-order valence-electron chi connectivity index (χ4n) is 2.33. The molecule has 8 heteroatoms. The number of likely N-dealkylation sites (tertiary alicyclic amines) is 1. The molecule has 136 valence electrons. The zero-order chi connectivity index (χ0) is 16.4. The van der Waals surface area contributed by atoms with Crippen molar-refractivity contribution in [3.8, 4) is 0 Å². The van der Waals surface area contributed by atoms with Crippen LogP contribution >= 0.6 is 24.0 Å². The van der Waals surface area contributed by atoms with Crippen LogP contribution in [0.2, 0.25) is 0 Å². The van der Waals surface area contributed by atoms with Crippen molar-refractivity contribution in [2.24, 2.45) is 4.99 Å². The highest BCUT2D eigenvalue weighted by molar-refractivity contribution is 14.0. The molecule has 0 aliphatic carbocycles. The predicted octanol–water partition coefficient (Wildman–Crippen LogP) is 1.34. The Morgan fingerprint density at radius 1 is 1.35 bits per heavy atom. The molecular formula is C15H32IN5O2. The lowest BCUT2D eigenvalue weighted by molar-refractivity contribution is 0.0963. The molecule has 1 aliphatic rings. The first-order valence-corrected chi connectivity index (χ1v) is 8.18. The Labute approximate surface area is 157 Å². The molecule has 0 bridgehead atoms. The van der Waals surface area contributed by atoms with E-state index in [1.165, 1.54) is 0 Å². The molecule has 0 aromatic rings. The second-order valence-corrected chi connectivity index (χ2v) is 5.50. The van der Waals surface area contributed by atoms with Crippen molar-refractivity contribution in [1.29, 1.82) is 0 Å². The van der Waals surface area contributed by atoms with Crippen LogP contribution in [0.25, 0.3) is 0 Å². The summed E-state index contributed by atoms with van der Waals surface area (Å²) in [5, 5.41) is 6.76. The maximum Gasteiger partial charge on any atom is 0.409 e. The van der Waals surface area contributed by atoms with Gasteiger partial charge in [-0.25, -0.2) is 4.79 Å². The van der Waals surface area contributed by atoms with E-state index in [-0.39, 0.29) is 30.1 Å². The van der Waals surface area contributed by atoms with Gasteiger partial charge in [-0.2, -0.15) is 0 Å². The first-order valence-electron chi connectivity index (χ1n) is 8.18. The zero-order valence-electron chi connectivity index (χ0n) is 14.8. The number of carbonyl (C=O) groups excluding carboxylic acids is 1. The number of nitrogens with one attached hydrogen (secondary N) is 2. The van der Waals surface area contributed by atoms with E-state index in [1.54, 1.807) is 11.9 Å². The van der Waals surface area contributed by atoms with Gasteiger partial charge in [0.2, 0.25) is 0 Å². The standard InChI is InChI=1S/C15H31N5O2.HI/c1-5-19(4)12-9-17-14(16-3)18-13-7-10-20(11-8-13)15(21)22-6-2;/h13H,5-12H2,1-4H3,(H2,16,17,18);1H. The van der Waals surface area contributed by atoms with Gasteiger partial charge in [-0.3, -0.25) is 4.99 Å². The van der Waals surface area contributed by atoms with Crippen LogP contribution in [0, 0.1) is 0 Å². The van der Waals surface area contributed by atoms with Crippen LogP contribution in [-0.2, 0) is 4.74 Å². The lowest BCUT2D eigenvalue weighted by Gasteiger charge is -2.32. The largest absolute Gasteiger partial charge is 0.450 e. The Morgan fingerprint density at radius 2 is 2.00 bits per heavy atom. The first-order chi connectivity index (χ1) is 10.6. The van der Waals surface area contributed by atoms with E-state index in [0.29, 0.717) is 12.6 Å². The fraction of sp³-hybridized carbons (Fsp3) is 0.867. The Kier molecular flexibility index (Phi) is 12.2. The molecule has 7 nitrogen and oxygen atoms in total. The maximum atomic E-state index is 11.7. The van der Waals surface area contributed by atoms with Crippen LogP contribution in [0.15, 0.2) is 4.99 Å². The summed E-state index contributed by atoms with van der Waals surface area (Å²) in [6.45, 7) is 8.75. The van der Waals surface area contributed by atoms with Crippen molar-refractivity contribution in [3.05, 3.63) is 0 Å². The molecule has 1 aliphatic heterocycles. The van der Waals surface area contributed by atoms with Crippen molar-refractivity contribution < 1.29 is 9.53 Å². The number of likely N-dealkylation sites (N-methyl/N-ethyl adjacent to an activating group) is 1. The number of piperidine rings is 1. The molecule has 1 amide bonds. The number of nitrogens with zero attached hydrogens (tertiary/aromatic N) is 3. The number of hydrogen-bond acceptors (Lipinski definition) is 4. The van der Waals surface area contributed by atoms with Crippen LogP contribution < -0.4 is 10.6 Å². The highest BCUT2D eigenvalue weighted by atomic mass is 127. The van der Waals surface area contributed by atoms with Gasteiger partial charge in [-0.1, -0.05) is 6.92 Å². The van der Waals surface area contributed by atoms with E-state index in [0.717, 1.165) is 51.5 Å². The normalized spacial score (nSPS) is 16.0. The van der Waals surface area contributed by atoms with E-state index < -0.39 is 0 Å². The minimum Gasteiger partial charge on any atom is -0.450 e. The second kappa shape index (κ2) is 12.6. The van der Waals surface area contributed by atoms with Crippen molar-refractivity contribution in [2.75, 3.05) is 53.4 Å². The molecule has 0 aromatic heterocycles. The molecule has 0 unspecified atom stereocenters. The van der Waals surface area contributed by atoms with Gasteiger partial charge in [0.1, 0.15) is 0 Å². The Balaban J connectivity index is 0.00000484. The molecule has 1 rings (SSSR count). The summed E-state index contributed by atoms with van der Waals surface area (Å²) >= 11 is 0. The Bertz CT molecular complexity index is 360. The van der Waals surface area contributed by atoms with Crippen LogP contribution in [0.5, 0.6) is 0 Å². The molecule has 1 saturated heterocycles. The molecule has 1 fully saturated rings. The van der Waals surface area contributed by atoms with Crippen LogP contribution in [-0.4, -0.2) is 81.3 Å². The number of rotatable bonds is 6. The summed E-state index contributed by atoms with van der Waals surface area (Å²) in [4.78, 5) is 19.9. The molecular weight excluding hydrogens is 409 g/mol. The number of halogens is 1. The SMILES string of the molecule is CCOC(=O)N1CCC(NC(=NC)NCCN(C)CC)CC1.I. The lowest BCUT2D eigenvalue weighted by Crippen LogP contribution is -2.50. The highest BCUT2D eigenvalue weighted by Gasteiger charge is 2.23. The first kappa shape index (κ1) is 22.2. The van der Waals surface area contributed by atoms with E-state index in [2.05, 4.69) is 34.5 Å². The quantitative estimate of drug-likeness (QED) is 0.370. The monoisotopic (exact) mass is 441 g/mol. The molecule has 2 N–H and O–H groups in total. The van der Waals surface area contributed by atoms with Gasteiger partial charge in [0.05, 0.1) is 6.61 Å². The Hall–Kier alpha value is -0.770. The molecule has 0 spiro atoms. The molecule has 0 aromatic carbocycles. The highest BCUT2D eigenvalue weighted by Crippen LogP contribution is 2.11. The summed E-state index contributed by atoms with van der Waals surface area (Å²) < 4.78 is 5.03. The third-order valence-corrected chi connectivity index (χ3v) is 3.91. The topological polar surface area (TPSA) is 69.2 Å². The molecule has 1 heterocycles. The van der Waals surface area contributed by atoms with E-state index in [1.807, 2.05) is 6.92 Å². The smallest absolute Gasteiger partial charge is 0.409 e. The van der Waals surface area contributed by atoms with E-state index in [4.69, 9.17) is 4.74 Å². The predicted molar refractivity (Wildman–Crippen MR) is 105 cm³/mol. The van der Waals surface area contributed by atoms with Crippen LogP contribution in [0.1, 0.15) is 26.7 Å². The summed E-state index contributed by atoms with van der Waals surface area (Å²) in [5.74, 6) is 0.832. The lowest BCUT2D eigenvalue weighted by atomic mass is 10.1. The number of carbonyl (C=O) groups is 1. The maximum absolute atomic E-state index is 11.7. The molecule has 0 radical (unpaired) electrons. The minimum atomic E-state index is -0.203. The number of aliphatic imine (C=N–C) groups is 1. The van der Waals surface area contributed by atoms with Crippen molar-refractivity contribution in [1.82, 2.24) is 20.4 Å². The number of amides is 1. The third-order valence-electron chi connectivity index (χ3n) is 3.91. The van der Waals surface area contributed by atoms with Gasteiger partial charge in [0.15, 0.2) is 5.96 Å². The van der Waals surface area contributed by atoms with Crippen molar-refractivity contribution >= 4 is 36.0 Å². The summed E-state index contributed by atoms with van der Waals surface area (Å²) in [6, 6.07) is 0.348. The van der Waals surface area contributed by atoms with Gasteiger partial charge in [-0.05, 0) is 33.4 Å². The molecule has 23 heavy (non-hydrogen) atoms. The van der Waals surface area contributed by atoms with Gasteiger partial charge >= 0.3 is 6.09 Å². The average Bonchev–Trinajstić information content (AvgIpc) is 2.54. The fourth-order valence-corrected chi connectivity index (χ4v) is 2.33. The summed E-state index contributed by atoms with van der Waals surface area (Å²) in [7, 11) is 3.88. The van der Waals surface area contributed by atoms with Gasteiger partial charge < -0.3 is 25.2 Å². The van der Waals surface area contributed by atoms with Crippen LogP contribution in [0.3, 0.4) is 0 Å². The molecule has 0 atom stereocenters. The van der Waals surface area contributed by atoms with Crippen LogP contribution in [0.4, 0.5) is 4.79 Å². The minimum absolute atomic E-state index is 0. The van der Waals surface area contributed by atoms with Gasteiger partial charge in [-0.15, -0.1) is 24.0 Å². The number of guanidine groups is 1. The zero-order valence-corrected chi connectivity index (χ0v) is 17.1. The summed E-state index contributed by atoms with van der Waals surface area (Å²) in [5.41, 5.74) is 0. The van der Waals surface area contributed by atoms with Gasteiger partial charge in [0, 0.05) is 39.3 Å². The van der Waals surface area contributed by atoms with Gasteiger partial charge in [0.25, 0.3) is 0 Å². The Morgan fingerprint density at radius 3 is 2.52 bits per heavy atom. The molecule has 0 saturated carbocycles. The number of hydrogen-bond donors (Lipinski definition) is 2. The second-order valence-electron chi connectivity index (χ2n) is 5.50. The summed E-state index contributed by atoms with van der Waals surface area (Å²) in [6.07, 6.45) is 1.62. The van der Waals surface area contributed by atoms with Crippen molar-refractivity contribution in [2.45, 2.75) is 32.7 Å². The van der Waals surface area contributed by atoms with E-state index >= 15 is 0 Å². The third kappa shape index (κ3) is 8.59. The van der Waals surface area contributed by atoms with Crippen molar-refractivity contribution in [3.63, 3.8) is 0 Å².